The van der Waals surface area contributed by atoms with Gasteiger partial charge in [-0.3, -0.25) is 15.4 Å². The average molecular weight is 252 g/mol. The molecule has 0 fully saturated rings. The molecular weight excluding hydrogens is 228 g/mol. The second-order valence-corrected chi connectivity index (χ2v) is 4.57. The molecule has 0 rings (SSSR count). The smallest absolute Gasteiger partial charge is 0.151 e. The fourth-order valence-electron chi connectivity index (χ4n) is 1.49. The van der Waals surface area contributed by atoms with Crippen LogP contribution in [0.3, 0.4) is 0 Å². The molecule has 0 spiro atoms. The van der Waals surface area contributed by atoms with Gasteiger partial charge in [-0.25, -0.2) is 5.43 Å². The SMILES string of the molecule is C=CC(C)[C@H](NN)C(=O)CC/C=C\[C@H](C)C(C)=O. The van der Waals surface area contributed by atoms with Crippen molar-refractivity contribution in [3.63, 3.8) is 0 Å². The molecule has 3 atom stereocenters. The van der Waals surface area contributed by atoms with Gasteiger partial charge in [-0.05, 0) is 19.3 Å². The molecule has 0 bridgehead atoms. The molecule has 0 saturated carbocycles. The van der Waals surface area contributed by atoms with Crippen molar-refractivity contribution < 1.29 is 9.59 Å². The van der Waals surface area contributed by atoms with Gasteiger partial charge in [0.2, 0.25) is 0 Å². The molecule has 3 N–H and O–H groups in total. The highest BCUT2D eigenvalue weighted by Crippen LogP contribution is 2.09. The molecule has 0 aromatic heterocycles. The number of carbonyl (C=O) groups excluding carboxylic acids is 2. The van der Waals surface area contributed by atoms with Crippen LogP contribution in [0.4, 0.5) is 0 Å². The highest BCUT2D eigenvalue weighted by atomic mass is 16.1. The number of hydrazine groups is 1. The molecule has 18 heavy (non-hydrogen) atoms. The number of rotatable bonds is 9. The molecule has 0 aromatic carbocycles. The number of nitrogens with two attached hydrogens (primary N) is 1. The quantitative estimate of drug-likeness (QED) is 0.373. The molecule has 0 saturated heterocycles. The highest BCUT2D eigenvalue weighted by Gasteiger charge is 2.20. The van der Waals surface area contributed by atoms with E-state index in [1.54, 1.807) is 13.0 Å². The zero-order chi connectivity index (χ0) is 14.1. The number of Topliss-reactive ketones (excluding diaryl/α,β-unsaturated/α-hetero) is 2. The molecule has 0 aliphatic carbocycles. The zero-order valence-electron chi connectivity index (χ0n) is 11.5. The fourth-order valence-corrected chi connectivity index (χ4v) is 1.49. The largest absolute Gasteiger partial charge is 0.299 e. The van der Waals surface area contributed by atoms with E-state index in [2.05, 4.69) is 12.0 Å². The maximum absolute atomic E-state index is 11.9. The second kappa shape index (κ2) is 8.78. The molecule has 0 amide bonds. The van der Waals surface area contributed by atoms with Crippen molar-refractivity contribution in [2.24, 2.45) is 17.7 Å². The highest BCUT2D eigenvalue weighted by molar-refractivity contribution is 5.84. The van der Waals surface area contributed by atoms with Gasteiger partial charge < -0.3 is 0 Å². The monoisotopic (exact) mass is 252 g/mol. The van der Waals surface area contributed by atoms with E-state index in [-0.39, 0.29) is 29.4 Å². The molecule has 102 valence electrons. The van der Waals surface area contributed by atoms with Crippen LogP contribution >= 0.6 is 0 Å². The number of allylic oxidation sites excluding steroid dienone is 2. The first-order chi connectivity index (χ1) is 8.43. The molecule has 1 unspecified atom stereocenters. The average Bonchev–Trinajstić information content (AvgIpc) is 2.34. The topological polar surface area (TPSA) is 72.2 Å². The minimum absolute atomic E-state index is 0.00243. The Morgan fingerprint density at radius 1 is 1.39 bits per heavy atom. The van der Waals surface area contributed by atoms with Crippen LogP contribution in [-0.4, -0.2) is 17.6 Å². The standard InChI is InChI=1S/C14H24N2O2/c1-5-10(2)14(16-15)13(18)9-7-6-8-11(3)12(4)17/h5-6,8,10-11,14,16H,1,7,9,15H2,2-4H3/b8-6-/t10?,11-,14-/m0/s1. The van der Waals surface area contributed by atoms with Gasteiger partial charge in [0.25, 0.3) is 0 Å². The van der Waals surface area contributed by atoms with E-state index >= 15 is 0 Å². The summed E-state index contributed by atoms with van der Waals surface area (Å²) in [7, 11) is 0. The Labute approximate surface area is 109 Å². The van der Waals surface area contributed by atoms with Gasteiger partial charge >= 0.3 is 0 Å². The van der Waals surface area contributed by atoms with Crippen molar-refractivity contribution in [1.29, 1.82) is 0 Å². The predicted octanol–water partition coefficient (Wildman–Crippen LogP) is 1.77. The third-order valence-electron chi connectivity index (χ3n) is 3.05. The van der Waals surface area contributed by atoms with Crippen molar-refractivity contribution in [3.8, 4) is 0 Å². The van der Waals surface area contributed by atoms with Gasteiger partial charge in [0.15, 0.2) is 5.78 Å². The molecule has 0 radical (unpaired) electrons. The Hall–Kier alpha value is -1.26. The lowest BCUT2D eigenvalue weighted by Crippen LogP contribution is -2.45. The molecule has 0 aliphatic rings. The van der Waals surface area contributed by atoms with Gasteiger partial charge in [-0.1, -0.05) is 32.1 Å². The van der Waals surface area contributed by atoms with E-state index in [1.165, 1.54) is 0 Å². The predicted molar refractivity (Wildman–Crippen MR) is 73.7 cm³/mol. The van der Waals surface area contributed by atoms with E-state index < -0.39 is 0 Å². The number of hydrogen-bond acceptors (Lipinski definition) is 4. The first-order valence-electron chi connectivity index (χ1n) is 6.22. The van der Waals surface area contributed by atoms with Crippen LogP contribution in [0, 0.1) is 11.8 Å². The first kappa shape index (κ1) is 16.7. The first-order valence-corrected chi connectivity index (χ1v) is 6.22. The van der Waals surface area contributed by atoms with Gasteiger partial charge in [0, 0.05) is 12.3 Å². The molecule has 4 nitrogen and oxygen atoms in total. The number of hydrogen-bond donors (Lipinski definition) is 2. The summed E-state index contributed by atoms with van der Waals surface area (Å²) in [4.78, 5) is 22.9. The summed E-state index contributed by atoms with van der Waals surface area (Å²) in [5, 5.41) is 0. The van der Waals surface area contributed by atoms with E-state index in [0.29, 0.717) is 12.8 Å². The molecular formula is C14H24N2O2. The molecule has 0 aromatic rings. The van der Waals surface area contributed by atoms with Crippen LogP contribution in [0.2, 0.25) is 0 Å². The van der Waals surface area contributed by atoms with Crippen molar-refractivity contribution in [2.75, 3.05) is 0 Å². The summed E-state index contributed by atoms with van der Waals surface area (Å²) in [6.07, 6.45) is 6.44. The summed E-state index contributed by atoms with van der Waals surface area (Å²) in [6, 6.07) is -0.388. The third-order valence-corrected chi connectivity index (χ3v) is 3.05. The van der Waals surface area contributed by atoms with Crippen molar-refractivity contribution in [2.45, 2.75) is 39.7 Å². The Kier molecular flexibility index (Phi) is 8.16. The van der Waals surface area contributed by atoms with Crippen LogP contribution < -0.4 is 11.3 Å². The third kappa shape index (κ3) is 5.89. The van der Waals surface area contributed by atoms with Crippen LogP contribution in [0.1, 0.15) is 33.6 Å². The van der Waals surface area contributed by atoms with E-state index in [0.717, 1.165) is 0 Å². The van der Waals surface area contributed by atoms with Crippen LogP contribution in [0.15, 0.2) is 24.8 Å². The summed E-state index contributed by atoms with van der Waals surface area (Å²) >= 11 is 0. The number of ketones is 2. The van der Waals surface area contributed by atoms with Gasteiger partial charge in [-0.2, -0.15) is 0 Å². The fraction of sp³-hybridized carbons (Fsp3) is 0.571. The lowest BCUT2D eigenvalue weighted by Gasteiger charge is -2.18. The normalized spacial score (nSPS) is 16.2. The maximum atomic E-state index is 11.9. The minimum Gasteiger partial charge on any atom is -0.299 e. The van der Waals surface area contributed by atoms with Gasteiger partial charge in [0.1, 0.15) is 5.78 Å². The van der Waals surface area contributed by atoms with Crippen molar-refractivity contribution >= 4 is 11.6 Å². The Balaban J connectivity index is 4.17. The lowest BCUT2D eigenvalue weighted by molar-refractivity contribution is -0.121. The zero-order valence-corrected chi connectivity index (χ0v) is 11.5. The van der Waals surface area contributed by atoms with Crippen LogP contribution in [0.25, 0.3) is 0 Å². The van der Waals surface area contributed by atoms with E-state index in [1.807, 2.05) is 26.0 Å². The molecule has 4 heteroatoms. The summed E-state index contributed by atoms with van der Waals surface area (Å²) < 4.78 is 0. The van der Waals surface area contributed by atoms with Gasteiger partial charge in [-0.15, -0.1) is 6.58 Å². The Morgan fingerprint density at radius 2 is 2.00 bits per heavy atom. The minimum atomic E-state index is -0.388. The van der Waals surface area contributed by atoms with Crippen LogP contribution in [-0.2, 0) is 9.59 Å². The van der Waals surface area contributed by atoms with Crippen LogP contribution in [0.5, 0.6) is 0 Å². The van der Waals surface area contributed by atoms with Gasteiger partial charge in [0.05, 0.1) is 6.04 Å². The second-order valence-electron chi connectivity index (χ2n) is 4.57. The summed E-state index contributed by atoms with van der Waals surface area (Å²) in [5.41, 5.74) is 2.52. The Bertz CT molecular complexity index is 324. The number of carbonyl (C=O) groups is 2. The molecule has 0 heterocycles. The van der Waals surface area contributed by atoms with Crippen molar-refractivity contribution in [3.05, 3.63) is 24.8 Å². The summed E-state index contributed by atoms with van der Waals surface area (Å²) in [6.45, 7) is 8.94. The number of nitrogens with one attached hydrogen (secondary N) is 1. The maximum Gasteiger partial charge on any atom is 0.151 e. The Morgan fingerprint density at radius 3 is 2.44 bits per heavy atom. The van der Waals surface area contributed by atoms with Crippen molar-refractivity contribution in [1.82, 2.24) is 5.43 Å². The lowest BCUT2D eigenvalue weighted by atomic mass is 9.96. The molecule has 0 aliphatic heterocycles. The van der Waals surface area contributed by atoms with E-state index in [4.69, 9.17) is 5.84 Å². The van der Waals surface area contributed by atoms with E-state index in [9.17, 15) is 9.59 Å². The summed E-state index contributed by atoms with van der Waals surface area (Å²) in [5.74, 6) is 5.46.